The molecule has 124 valence electrons. The standard InChI is InChI=1S/C18H30N2O2/c1-7-8-11-20(6)17(21)19-13-22-16-10-9-14(2)12-15(16)18(3,4)5/h9-10,12H,7-8,11,13H2,1-6H3,(H,19,21). The van der Waals surface area contributed by atoms with Crippen molar-refractivity contribution in [3.05, 3.63) is 29.3 Å². The van der Waals surface area contributed by atoms with Crippen molar-refractivity contribution < 1.29 is 9.53 Å². The van der Waals surface area contributed by atoms with Crippen LogP contribution in [0, 0.1) is 6.92 Å². The van der Waals surface area contributed by atoms with E-state index in [0.717, 1.165) is 30.7 Å². The van der Waals surface area contributed by atoms with Gasteiger partial charge in [0.05, 0.1) is 0 Å². The predicted octanol–water partition coefficient (Wildman–Crippen LogP) is 4.07. The van der Waals surface area contributed by atoms with Crippen LogP contribution in [0.15, 0.2) is 18.2 Å². The molecule has 0 aliphatic heterocycles. The van der Waals surface area contributed by atoms with Crippen LogP contribution in [0.3, 0.4) is 0 Å². The Morgan fingerprint density at radius 3 is 2.59 bits per heavy atom. The summed E-state index contributed by atoms with van der Waals surface area (Å²) in [6.07, 6.45) is 2.09. The summed E-state index contributed by atoms with van der Waals surface area (Å²) in [6.45, 7) is 11.6. The number of carbonyl (C=O) groups is 1. The normalized spacial score (nSPS) is 11.2. The molecule has 0 aromatic heterocycles. The van der Waals surface area contributed by atoms with Gasteiger partial charge in [-0.25, -0.2) is 4.79 Å². The van der Waals surface area contributed by atoms with Crippen molar-refractivity contribution in [2.45, 2.75) is 52.9 Å². The van der Waals surface area contributed by atoms with Crippen molar-refractivity contribution in [3.8, 4) is 5.75 Å². The smallest absolute Gasteiger partial charge is 0.319 e. The molecule has 1 N–H and O–H groups in total. The zero-order chi connectivity index (χ0) is 16.8. The maximum absolute atomic E-state index is 11.9. The number of rotatable bonds is 6. The van der Waals surface area contributed by atoms with Crippen LogP contribution in [-0.2, 0) is 5.41 Å². The summed E-state index contributed by atoms with van der Waals surface area (Å²) in [5, 5.41) is 2.80. The van der Waals surface area contributed by atoms with Crippen molar-refractivity contribution in [2.75, 3.05) is 20.3 Å². The van der Waals surface area contributed by atoms with E-state index in [1.165, 1.54) is 5.56 Å². The lowest BCUT2D eigenvalue weighted by Gasteiger charge is -2.24. The van der Waals surface area contributed by atoms with Gasteiger partial charge in [0.25, 0.3) is 0 Å². The number of hydrogen-bond donors (Lipinski definition) is 1. The number of amides is 2. The van der Waals surface area contributed by atoms with Gasteiger partial charge in [-0.2, -0.15) is 0 Å². The van der Waals surface area contributed by atoms with Crippen LogP contribution in [0.1, 0.15) is 51.7 Å². The van der Waals surface area contributed by atoms with Crippen LogP contribution < -0.4 is 10.1 Å². The fourth-order valence-corrected chi connectivity index (χ4v) is 2.16. The highest BCUT2D eigenvalue weighted by molar-refractivity contribution is 5.73. The lowest BCUT2D eigenvalue weighted by molar-refractivity contribution is 0.193. The fraction of sp³-hybridized carbons (Fsp3) is 0.611. The minimum atomic E-state index is -0.0992. The van der Waals surface area contributed by atoms with E-state index in [0.29, 0.717) is 0 Å². The molecule has 0 bridgehead atoms. The molecular weight excluding hydrogens is 276 g/mol. The molecule has 0 spiro atoms. The molecule has 1 aromatic carbocycles. The van der Waals surface area contributed by atoms with E-state index in [2.05, 4.69) is 46.0 Å². The Balaban J connectivity index is 2.60. The maximum atomic E-state index is 11.9. The van der Waals surface area contributed by atoms with Gasteiger partial charge in [-0.15, -0.1) is 0 Å². The third kappa shape index (κ3) is 5.58. The summed E-state index contributed by atoms with van der Waals surface area (Å²) < 4.78 is 5.79. The molecular formula is C18H30N2O2. The summed E-state index contributed by atoms with van der Waals surface area (Å²) in [5.41, 5.74) is 2.37. The van der Waals surface area contributed by atoms with Crippen molar-refractivity contribution >= 4 is 6.03 Å². The van der Waals surface area contributed by atoms with Crippen LogP contribution in [0.4, 0.5) is 4.79 Å². The van der Waals surface area contributed by atoms with E-state index in [1.807, 2.05) is 12.1 Å². The van der Waals surface area contributed by atoms with Crippen LogP contribution in [-0.4, -0.2) is 31.3 Å². The lowest BCUT2D eigenvalue weighted by atomic mass is 9.85. The first kappa shape index (κ1) is 18.3. The lowest BCUT2D eigenvalue weighted by Crippen LogP contribution is -2.39. The Bertz CT molecular complexity index is 492. The second-order valence-corrected chi connectivity index (χ2v) is 6.80. The molecule has 0 saturated heterocycles. The molecule has 0 saturated carbocycles. The molecule has 0 unspecified atom stereocenters. The summed E-state index contributed by atoms with van der Waals surface area (Å²) in [7, 11) is 1.80. The Kier molecular flexibility index (Phi) is 6.72. The Morgan fingerprint density at radius 2 is 2.00 bits per heavy atom. The number of unbranched alkanes of at least 4 members (excludes halogenated alkanes) is 1. The van der Waals surface area contributed by atoms with Gasteiger partial charge in [-0.1, -0.05) is 51.8 Å². The monoisotopic (exact) mass is 306 g/mol. The molecule has 0 aliphatic carbocycles. The number of nitrogens with zero attached hydrogens (tertiary/aromatic N) is 1. The highest BCUT2D eigenvalue weighted by atomic mass is 16.5. The Hall–Kier alpha value is -1.71. The second-order valence-electron chi connectivity index (χ2n) is 6.80. The van der Waals surface area contributed by atoms with Gasteiger partial charge in [0.2, 0.25) is 0 Å². The van der Waals surface area contributed by atoms with E-state index in [-0.39, 0.29) is 18.2 Å². The van der Waals surface area contributed by atoms with Gasteiger partial charge in [0.1, 0.15) is 5.75 Å². The quantitative estimate of drug-likeness (QED) is 0.805. The number of carbonyl (C=O) groups excluding carboxylic acids is 1. The minimum absolute atomic E-state index is 0.00325. The van der Waals surface area contributed by atoms with Gasteiger partial charge >= 0.3 is 6.03 Å². The van der Waals surface area contributed by atoms with Crippen molar-refractivity contribution in [2.24, 2.45) is 0 Å². The molecule has 22 heavy (non-hydrogen) atoms. The van der Waals surface area contributed by atoms with Crippen molar-refractivity contribution in [1.82, 2.24) is 10.2 Å². The van der Waals surface area contributed by atoms with E-state index < -0.39 is 0 Å². The number of benzene rings is 1. The predicted molar refractivity (Wildman–Crippen MR) is 91.4 cm³/mol. The van der Waals surface area contributed by atoms with Gasteiger partial charge in [0.15, 0.2) is 6.73 Å². The third-order valence-electron chi connectivity index (χ3n) is 3.59. The molecule has 0 radical (unpaired) electrons. The third-order valence-corrected chi connectivity index (χ3v) is 3.59. The first-order chi connectivity index (χ1) is 10.3. The summed E-state index contributed by atoms with van der Waals surface area (Å²) in [4.78, 5) is 13.6. The van der Waals surface area contributed by atoms with Crippen LogP contribution >= 0.6 is 0 Å². The molecule has 0 heterocycles. The molecule has 4 heteroatoms. The zero-order valence-corrected chi connectivity index (χ0v) is 14.8. The number of ether oxygens (including phenoxy) is 1. The number of aryl methyl sites for hydroxylation is 1. The van der Waals surface area contributed by atoms with E-state index in [1.54, 1.807) is 11.9 Å². The van der Waals surface area contributed by atoms with Gasteiger partial charge in [-0.3, -0.25) is 0 Å². The van der Waals surface area contributed by atoms with Crippen LogP contribution in [0.5, 0.6) is 5.75 Å². The van der Waals surface area contributed by atoms with Gasteiger partial charge < -0.3 is 15.0 Å². The first-order valence-electron chi connectivity index (χ1n) is 7.98. The Labute approximate surface area is 134 Å². The molecule has 4 nitrogen and oxygen atoms in total. The molecule has 2 amide bonds. The second kappa shape index (κ2) is 8.06. The SMILES string of the molecule is CCCCN(C)C(=O)NCOc1ccc(C)cc1C(C)(C)C. The number of urea groups is 1. The van der Waals surface area contributed by atoms with E-state index >= 15 is 0 Å². The molecule has 1 rings (SSSR count). The molecule has 0 fully saturated rings. The molecule has 0 aliphatic rings. The highest BCUT2D eigenvalue weighted by Crippen LogP contribution is 2.31. The molecule has 0 atom stereocenters. The van der Waals surface area contributed by atoms with Crippen LogP contribution in [0.25, 0.3) is 0 Å². The minimum Gasteiger partial charge on any atom is -0.473 e. The van der Waals surface area contributed by atoms with Crippen LogP contribution in [0.2, 0.25) is 0 Å². The van der Waals surface area contributed by atoms with Gasteiger partial charge in [-0.05, 0) is 30.4 Å². The number of nitrogens with one attached hydrogen (secondary N) is 1. The van der Waals surface area contributed by atoms with Gasteiger partial charge in [0, 0.05) is 13.6 Å². The zero-order valence-electron chi connectivity index (χ0n) is 14.8. The first-order valence-corrected chi connectivity index (χ1v) is 7.98. The number of hydrogen-bond acceptors (Lipinski definition) is 2. The van der Waals surface area contributed by atoms with Crippen molar-refractivity contribution in [3.63, 3.8) is 0 Å². The Morgan fingerprint density at radius 1 is 1.32 bits per heavy atom. The summed E-state index contributed by atoms with van der Waals surface area (Å²) in [5.74, 6) is 0.828. The topological polar surface area (TPSA) is 41.6 Å². The summed E-state index contributed by atoms with van der Waals surface area (Å²) >= 11 is 0. The average molecular weight is 306 g/mol. The highest BCUT2D eigenvalue weighted by Gasteiger charge is 2.19. The van der Waals surface area contributed by atoms with Crippen molar-refractivity contribution in [1.29, 1.82) is 0 Å². The summed E-state index contributed by atoms with van der Waals surface area (Å²) in [6, 6.07) is 6.05. The van der Waals surface area contributed by atoms with E-state index in [9.17, 15) is 4.79 Å². The fourth-order valence-electron chi connectivity index (χ4n) is 2.16. The maximum Gasteiger partial charge on any atom is 0.319 e. The largest absolute Gasteiger partial charge is 0.473 e. The van der Waals surface area contributed by atoms with E-state index in [4.69, 9.17) is 4.74 Å². The average Bonchev–Trinajstić information content (AvgIpc) is 2.45. The molecule has 1 aromatic rings.